The molecule has 0 amide bonds. The van der Waals surface area contributed by atoms with Crippen molar-refractivity contribution in [2.24, 2.45) is 11.8 Å². The zero-order valence-corrected chi connectivity index (χ0v) is 28.7. The van der Waals surface area contributed by atoms with E-state index in [1.165, 1.54) is 24.0 Å². The highest BCUT2D eigenvalue weighted by atomic mass is 127. The topological polar surface area (TPSA) is 42.5 Å². The monoisotopic (exact) mass is 776 g/mol. The summed E-state index contributed by atoms with van der Waals surface area (Å²) in [7, 11) is 0. The van der Waals surface area contributed by atoms with Crippen molar-refractivity contribution in [1.29, 1.82) is 0 Å². The van der Waals surface area contributed by atoms with E-state index in [-0.39, 0.29) is 12.4 Å². The van der Waals surface area contributed by atoms with E-state index < -0.39 is 0 Å². The molecule has 4 nitrogen and oxygen atoms in total. The molecule has 0 saturated heterocycles. The van der Waals surface area contributed by atoms with Gasteiger partial charge >= 0.3 is 0 Å². The van der Waals surface area contributed by atoms with Gasteiger partial charge in [0, 0.05) is 13.1 Å². The lowest BCUT2D eigenvalue weighted by Crippen LogP contribution is -2.16. The summed E-state index contributed by atoms with van der Waals surface area (Å²) in [5.74, 6) is 3.30. The van der Waals surface area contributed by atoms with Gasteiger partial charge < -0.3 is 20.1 Å². The van der Waals surface area contributed by atoms with Crippen molar-refractivity contribution in [3.63, 3.8) is 0 Å². The first-order valence-electron chi connectivity index (χ1n) is 13.6. The number of rotatable bonds is 16. The maximum Gasteiger partial charge on any atom is 0.133 e. The lowest BCUT2D eigenvalue weighted by atomic mass is 10.1. The predicted molar refractivity (Wildman–Crippen MR) is 183 cm³/mol. The molecule has 0 aliphatic rings. The third-order valence-electron chi connectivity index (χ3n) is 6.23. The number of halogens is 3. The summed E-state index contributed by atoms with van der Waals surface area (Å²) in [6.07, 6.45) is 2.40. The van der Waals surface area contributed by atoms with Crippen LogP contribution in [0.1, 0.15) is 62.8 Å². The summed E-state index contributed by atoms with van der Waals surface area (Å²) in [6, 6.07) is 21.3. The zero-order valence-electron chi connectivity index (χ0n) is 23.6. The Morgan fingerprint density at radius 1 is 0.615 bits per heavy atom. The Morgan fingerprint density at radius 3 is 1.44 bits per heavy atom. The summed E-state index contributed by atoms with van der Waals surface area (Å²) in [5, 5.41) is 7.06. The summed E-state index contributed by atoms with van der Waals surface area (Å²) in [4.78, 5) is 0. The molecule has 0 aliphatic carbocycles. The minimum Gasteiger partial charge on any atom is -0.488 e. The Labute approximate surface area is 269 Å². The van der Waals surface area contributed by atoms with E-state index in [1.54, 1.807) is 0 Å². The van der Waals surface area contributed by atoms with E-state index in [9.17, 15) is 0 Å². The molecular formula is C32H43ClI2N2O2. The van der Waals surface area contributed by atoms with Crippen LogP contribution in [0.4, 0.5) is 0 Å². The largest absolute Gasteiger partial charge is 0.488 e. The van der Waals surface area contributed by atoms with Crippen molar-refractivity contribution in [3.8, 4) is 11.5 Å². The van der Waals surface area contributed by atoms with Gasteiger partial charge in [-0.2, -0.15) is 0 Å². The van der Waals surface area contributed by atoms with E-state index in [2.05, 4.69) is 144 Å². The average molecular weight is 777 g/mol. The molecule has 39 heavy (non-hydrogen) atoms. The first-order valence-corrected chi connectivity index (χ1v) is 15.8. The quantitative estimate of drug-likeness (QED) is 0.113. The lowest BCUT2D eigenvalue weighted by Gasteiger charge is -2.13. The molecule has 0 spiro atoms. The predicted octanol–water partition coefficient (Wildman–Crippen LogP) is 8.75. The van der Waals surface area contributed by atoms with Gasteiger partial charge in [-0.25, -0.2) is 0 Å². The van der Waals surface area contributed by atoms with E-state index in [4.69, 9.17) is 9.47 Å². The molecule has 3 rings (SSSR count). The van der Waals surface area contributed by atoms with Crippen LogP contribution in [0.3, 0.4) is 0 Å². The van der Waals surface area contributed by atoms with Gasteiger partial charge in [-0.05, 0) is 136 Å². The van der Waals surface area contributed by atoms with Gasteiger partial charge in [-0.15, -0.1) is 12.4 Å². The maximum atomic E-state index is 6.16. The van der Waals surface area contributed by atoms with E-state index in [0.717, 1.165) is 67.8 Å². The first-order chi connectivity index (χ1) is 18.3. The van der Waals surface area contributed by atoms with Gasteiger partial charge in [0.1, 0.15) is 24.7 Å². The summed E-state index contributed by atoms with van der Waals surface area (Å²) < 4.78 is 14.6. The highest BCUT2D eigenvalue weighted by molar-refractivity contribution is 14.1. The average Bonchev–Trinajstić information content (AvgIpc) is 2.88. The molecule has 0 atom stereocenters. The van der Waals surface area contributed by atoms with Crippen LogP contribution < -0.4 is 20.1 Å². The molecule has 0 fully saturated rings. The maximum absolute atomic E-state index is 6.16. The SMILES string of the molecule is CC(C)CCNCc1ccc(OCc2cccc(COc3ccc(CNCCC(C)C)cc3I)c2)c(I)c1.Cl. The molecule has 0 aromatic heterocycles. The third-order valence-corrected chi connectivity index (χ3v) is 7.91. The molecule has 0 heterocycles. The van der Waals surface area contributed by atoms with E-state index >= 15 is 0 Å². The number of nitrogens with one attached hydrogen (secondary N) is 2. The Kier molecular flexibility index (Phi) is 16.1. The van der Waals surface area contributed by atoms with Crippen LogP contribution in [0.15, 0.2) is 60.7 Å². The van der Waals surface area contributed by atoms with Gasteiger partial charge in [0.15, 0.2) is 0 Å². The molecule has 0 unspecified atom stereocenters. The number of hydrogen-bond donors (Lipinski definition) is 2. The van der Waals surface area contributed by atoms with Crippen molar-refractivity contribution in [1.82, 2.24) is 10.6 Å². The van der Waals surface area contributed by atoms with Crippen LogP contribution in [0.2, 0.25) is 0 Å². The molecule has 3 aromatic rings. The summed E-state index contributed by atoms with van der Waals surface area (Å²) in [5.41, 5.74) is 4.85. The van der Waals surface area contributed by atoms with Crippen LogP contribution >= 0.6 is 57.6 Å². The fourth-order valence-electron chi connectivity index (χ4n) is 3.92. The van der Waals surface area contributed by atoms with E-state index in [1.807, 2.05) is 0 Å². The molecule has 0 bridgehead atoms. The molecule has 214 valence electrons. The van der Waals surface area contributed by atoms with Gasteiger partial charge in [0.2, 0.25) is 0 Å². The van der Waals surface area contributed by atoms with Crippen molar-refractivity contribution < 1.29 is 9.47 Å². The molecule has 2 N–H and O–H groups in total. The third kappa shape index (κ3) is 13.0. The van der Waals surface area contributed by atoms with Crippen molar-refractivity contribution >= 4 is 57.6 Å². The van der Waals surface area contributed by atoms with Gasteiger partial charge in [-0.1, -0.05) is 58.0 Å². The second kappa shape index (κ2) is 18.4. The zero-order chi connectivity index (χ0) is 27.3. The Bertz CT molecular complexity index is 1060. The lowest BCUT2D eigenvalue weighted by molar-refractivity contribution is 0.297. The van der Waals surface area contributed by atoms with Gasteiger partial charge in [0.05, 0.1) is 7.14 Å². The number of ether oxygens (including phenoxy) is 2. The molecule has 0 radical (unpaired) electrons. The van der Waals surface area contributed by atoms with Crippen LogP contribution in [-0.2, 0) is 26.3 Å². The number of benzene rings is 3. The smallest absolute Gasteiger partial charge is 0.133 e. The Balaban J connectivity index is 0.00000533. The molecule has 0 saturated carbocycles. The van der Waals surface area contributed by atoms with Crippen LogP contribution in [0.5, 0.6) is 11.5 Å². The Hall–Kier alpha value is -1.07. The van der Waals surface area contributed by atoms with Crippen molar-refractivity contribution in [3.05, 3.63) is 90.1 Å². The molecule has 0 aliphatic heterocycles. The fraction of sp³-hybridized carbons (Fsp3) is 0.438. The van der Waals surface area contributed by atoms with Crippen LogP contribution in [0, 0.1) is 19.0 Å². The van der Waals surface area contributed by atoms with Crippen molar-refractivity contribution in [2.75, 3.05) is 13.1 Å². The van der Waals surface area contributed by atoms with Gasteiger partial charge in [-0.3, -0.25) is 0 Å². The minimum absolute atomic E-state index is 0. The fourth-order valence-corrected chi connectivity index (χ4v) is 5.39. The highest BCUT2D eigenvalue weighted by Crippen LogP contribution is 2.25. The van der Waals surface area contributed by atoms with Crippen LogP contribution in [-0.4, -0.2) is 13.1 Å². The first kappa shape index (κ1) is 34.1. The highest BCUT2D eigenvalue weighted by Gasteiger charge is 2.07. The second-order valence-corrected chi connectivity index (χ2v) is 13.0. The summed E-state index contributed by atoms with van der Waals surface area (Å²) >= 11 is 4.73. The minimum atomic E-state index is 0. The van der Waals surface area contributed by atoms with Gasteiger partial charge in [0.25, 0.3) is 0 Å². The summed E-state index contributed by atoms with van der Waals surface area (Å²) in [6.45, 7) is 14.0. The molecule has 3 aromatic carbocycles. The Morgan fingerprint density at radius 2 is 1.05 bits per heavy atom. The second-order valence-electron chi connectivity index (χ2n) is 10.6. The van der Waals surface area contributed by atoms with Crippen LogP contribution in [0.25, 0.3) is 0 Å². The van der Waals surface area contributed by atoms with E-state index in [0.29, 0.717) is 13.2 Å². The molecular weight excluding hydrogens is 734 g/mol. The number of hydrogen-bond acceptors (Lipinski definition) is 4. The molecule has 7 heteroatoms. The van der Waals surface area contributed by atoms with Crippen molar-refractivity contribution in [2.45, 2.75) is 66.8 Å². The normalized spacial score (nSPS) is 11.1. The standard InChI is InChI=1S/C32H42I2N2O2.ClH/c1-23(2)12-14-35-19-25-8-10-31(29(33)17-25)37-21-27-6-5-7-28(16-27)22-38-32-11-9-26(18-30(32)34)20-36-15-13-24(3)4;/h5-11,16-18,23-24,35-36H,12-15,19-22H2,1-4H3;1H.